The fourth-order valence-electron chi connectivity index (χ4n) is 0.827. The Bertz CT molecular complexity index is 116. The van der Waals surface area contributed by atoms with Crippen molar-refractivity contribution in [3.63, 3.8) is 0 Å². The van der Waals surface area contributed by atoms with Crippen LogP contribution in [0.25, 0.3) is 0 Å². The zero-order chi connectivity index (χ0) is 8.69. The molecule has 11 heavy (non-hydrogen) atoms. The second-order valence-electron chi connectivity index (χ2n) is 3.03. The highest BCUT2D eigenvalue weighted by molar-refractivity contribution is 4.96. The first kappa shape index (κ1) is 10.7. The quantitative estimate of drug-likeness (QED) is 0.555. The monoisotopic (exact) mass is 156 g/mol. The van der Waals surface area contributed by atoms with Gasteiger partial charge in [-0.25, -0.2) is 0 Å². The number of hydrogen-bond donors (Lipinski definition) is 0. The predicted molar refractivity (Wildman–Crippen MR) is 49.8 cm³/mol. The summed E-state index contributed by atoms with van der Waals surface area (Å²) in [6.07, 6.45) is 6.15. The molecule has 66 valence electrons. The minimum atomic E-state index is 0.399. The molecule has 0 bridgehead atoms. The van der Waals surface area contributed by atoms with E-state index in [-0.39, 0.29) is 0 Å². The Morgan fingerprint density at radius 1 is 1.55 bits per heavy atom. The summed E-state index contributed by atoms with van der Waals surface area (Å²) in [7, 11) is 1.76. The Balaban J connectivity index is 3.39. The highest BCUT2D eigenvalue weighted by Crippen LogP contribution is 2.05. The molecule has 0 spiro atoms. The van der Waals surface area contributed by atoms with Crippen LogP contribution in [0.3, 0.4) is 0 Å². The third kappa shape index (κ3) is 6.11. The fraction of sp³-hybridized carbons (Fsp3) is 0.800. The van der Waals surface area contributed by atoms with Crippen molar-refractivity contribution in [2.45, 2.75) is 46.1 Å². The van der Waals surface area contributed by atoms with E-state index in [1.807, 2.05) is 0 Å². The molecule has 1 nitrogen and oxygen atoms in total. The van der Waals surface area contributed by atoms with Gasteiger partial charge in [-0.3, -0.25) is 0 Å². The standard InChI is InChI=1S/C10H20O/c1-5-9(2)7-6-8-10(3)11-4/h7,10H,5-6,8H2,1-4H3/b9-7+. The average Bonchev–Trinajstić information content (AvgIpc) is 2.04. The lowest BCUT2D eigenvalue weighted by Gasteiger charge is -2.06. The maximum atomic E-state index is 5.14. The highest BCUT2D eigenvalue weighted by atomic mass is 16.5. The van der Waals surface area contributed by atoms with Crippen LogP contribution < -0.4 is 0 Å². The molecule has 0 saturated carbocycles. The first-order valence-electron chi connectivity index (χ1n) is 4.39. The minimum absolute atomic E-state index is 0.399. The van der Waals surface area contributed by atoms with E-state index in [9.17, 15) is 0 Å². The summed E-state index contributed by atoms with van der Waals surface area (Å²) in [5.41, 5.74) is 1.48. The number of methoxy groups -OCH3 is 1. The van der Waals surface area contributed by atoms with Crippen LogP contribution in [0.5, 0.6) is 0 Å². The van der Waals surface area contributed by atoms with Gasteiger partial charge >= 0.3 is 0 Å². The molecule has 1 atom stereocenters. The number of rotatable bonds is 5. The fourth-order valence-corrected chi connectivity index (χ4v) is 0.827. The van der Waals surface area contributed by atoms with Crippen molar-refractivity contribution >= 4 is 0 Å². The van der Waals surface area contributed by atoms with E-state index in [2.05, 4.69) is 26.8 Å². The van der Waals surface area contributed by atoms with Crippen molar-refractivity contribution in [2.24, 2.45) is 0 Å². The molecule has 0 amide bonds. The second-order valence-corrected chi connectivity index (χ2v) is 3.03. The molecule has 0 aromatic carbocycles. The Morgan fingerprint density at radius 2 is 2.18 bits per heavy atom. The van der Waals surface area contributed by atoms with Crippen molar-refractivity contribution in [2.75, 3.05) is 7.11 Å². The molecule has 0 fully saturated rings. The van der Waals surface area contributed by atoms with E-state index in [0.717, 1.165) is 12.8 Å². The lowest BCUT2D eigenvalue weighted by Crippen LogP contribution is -2.02. The average molecular weight is 156 g/mol. The summed E-state index contributed by atoms with van der Waals surface area (Å²) in [6, 6.07) is 0. The van der Waals surface area contributed by atoms with Crippen LogP contribution in [0.1, 0.15) is 40.0 Å². The smallest absolute Gasteiger partial charge is 0.0546 e. The van der Waals surface area contributed by atoms with Gasteiger partial charge in [0.05, 0.1) is 6.10 Å². The van der Waals surface area contributed by atoms with Gasteiger partial charge in [0, 0.05) is 7.11 Å². The van der Waals surface area contributed by atoms with E-state index in [1.54, 1.807) is 7.11 Å². The Morgan fingerprint density at radius 3 is 2.64 bits per heavy atom. The molecule has 0 rings (SSSR count). The summed E-state index contributed by atoms with van der Waals surface area (Å²) in [6.45, 7) is 6.47. The summed E-state index contributed by atoms with van der Waals surface area (Å²) in [5.74, 6) is 0. The van der Waals surface area contributed by atoms with Crippen molar-refractivity contribution in [3.05, 3.63) is 11.6 Å². The molecule has 0 aliphatic carbocycles. The molecular formula is C10H20O. The van der Waals surface area contributed by atoms with Gasteiger partial charge in [0.1, 0.15) is 0 Å². The lowest BCUT2D eigenvalue weighted by atomic mass is 10.1. The largest absolute Gasteiger partial charge is 0.382 e. The zero-order valence-corrected chi connectivity index (χ0v) is 8.18. The third-order valence-corrected chi connectivity index (χ3v) is 2.03. The van der Waals surface area contributed by atoms with Crippen molar-refractivity contribution in [1.82, 2.24) is 0 Å². The normalized spacial score (nSPS) is 15.1. The molecule has 0 aromatic rings. The first-order chi connectivity index (χ1) is 5.20. The van der Waals surface area contributed by atoms with Crippen LogP contribution in [0.4, 0.5) is 0 Å². The molecule has 0 saturated heterocycles. The van der Waals surface area contributed by atoms with E-state index in [4.69, 9.17) is 4.74 Å². The Labute approximate surface area is 70.4 Å². The molecule has 1 heteroatoms. The number of allylic oxidation sites excluding steroid dienone is 2. The van der Waals surface area contributed by atoms with Gasteiger partial charge in [0.15, 0.2) is 0 Å². The van der Waals surface area contributed by atoms with Crippen LogP contribution in [0.2, 0.25) is 0 Å². The summed E-state index contributed by atoms with van der Waals surface area (Å²) < 4.78 is 5.14. The van der Waals surface area contributed by atoms with Crippen molar-refractivity contribution in [1.29, 1.82) is 0 Å². The first-order valence-corrected chi connectivity index (χ1v) is 4.39. The minimum Gasteiger partial charge on any atom is -0.382 e. The van der Waals surface area contributed by atoms with Crippen LogP contribution in [-0.2, 0) is 4.74 Å². The van der Waals surface area contributed by atoms with E-state index in [1.165, 1.54) is 12.0 Å². The van der Waals surface area contributed by atoms with Crippen LogP contribution >= 0.6 is 0 Å². The van der Waals surface area contributed by atoms with Gasteiger partial charge in [0.2, 0.25) is 0 Å². The molecule has 0 aliphatic heterocycles. The number of hydrogen-bond acceptors (Lipinski definition) is 1. The summed E-state index contributed by atoms with van der Waals surface area (Å²) in [5, 5.41) is 0. The Hall–Kier alpha value is -0.300. The van der Waals surface area contributed by atoms with Gasteiger partial charge in [-0.1, -0.05) is 18.6 Å². The Kier molecular flexibility index (Phi) is 6.24. The molecule has 0 aliphatic rings. The summed E-state index contributed by atoms with van der Waals surface area (Å²) in [4.78, 5) is 0. The predicted octanol–water partition coefficient (Wildman–Crippen LogP) is 3.16. The molecule has 0 heterocycles. The SMILES string of the molecule is CC/C(C)=C/CCC(C)OC. The van der Waals surface area contributed by atoms with Crippen molar-refractivity contribution < 1.29 is 4.74 Å². The van der Waals surface area contributed by atoms with Gasteiger partial charge in [-0.15, -0.1) is 0 Å². The maximum Gasteiger partial charge on any atom is 0.0546 e. The van der Waals surface area contributed by atoms with Gasteiger partial charge in [-0.05, 0) is 33.1 Å². The van der Waals surface area contributed by atoms with Crippen molar-refractivity contribution in [3.8, 4) is 0 Å². The van der Waals surface area contributed by atoms with Crippen LogP contribution in [-0.4, -0.2) is 13.2 Å². The molecule has 0 N–H and O–H groups in total. The molecule has 1 unspecified atom stereocenters. The third-order valence-electron chi connectivity index (χ3n) is 2.03. The van der Waals surface area contributed by atoms with E-state index in [0.29, 0.717) is 6.10 Å². The van der Waals surface area contributed by atoms with Gasteiger partial charge in [-0.2, -0.15) is 0 Å². The summed E-state index contributed by atoms with van der Waals surface area (Å²) >= 11 is 0. The van der Waals surface area contributed by atoms with Crippen LogP contribution in [0, 0.1) is 0 Å². The maximum absolute atomic E-state index is 5.14. The number of ether oxygens (including phenoxy) is 1. The molecule has 0 radical (unpaired) electrons. The van der Waals surface area contributed by atoms with E-state index >= 15 is 0 Å². The molecular weight excluding hydrogens is 136 g/mol. The van der Waals surface area contributed by atoms with Crippen LogP contribution in [0.15, 0.2) is 11.6 Å². The zero-order valence-electron chi connectivity index (χ0n) is 8.18. The lowest BCUT2D eigenvalue weighted by molar-refractivity contribution is 0.112. The topological polar surface area (TPSA) is 9.23 Å². The van der Waals surface area contributed by atoms with Gasteiger partial charge < -0.3 is 4.74 Å². The molecule has 0 aromatic heterocycles. The second kappa shape index (κ2) is 6.41. The van der Waals surface area contributed by atoms with E-state index < -0.39 is 0 Å². The highest BCUT2D eigenvalue weighted by Gasteiger charge is 1.95. The van der Waals surface area contributed by atoms with Gasteiger partial charge in [0.25, 0.3) is 0 Å².